The van der Waals surface area contributed by atoms with Gasteiger partial charge in [-0.05, 0) is 36.4 Å². The van der Waals surface area contributed by atoms with E-state index < -0.39 is 0 Å². The normalized spacial score (nSPS) is 12.5. The van der Waals surface area contributed by atoms with E-state index in [1.165, 1.54) is 10.9 Å². The van der Waals surface area contributed by atoms with Gasteiger partial charge in [0.2, 0.25) is 6.79 Å². The average Bonchev–Trinajstić information content (AvgIpc) is 3.05. The summed E-state index contributed by atoms with van der Waals surface area (Å²) in [6, 6.07) is 9.82. The lowest BCUT2D eigenvalue weighted by Crippen LogP contribution is -2.24. The van der Waals surface area contributed by atoms with Crippen molar-refractivity contribution in [2.75, 3.05) is 6.79 Å². The average molecular weight is 343 g/mol. The molecule has 120 valence electrons. The predicted octanol–water partition coefficient (Wildman–Crippen LogP) is 2.66. The molecule has 0 N–H and O–H groups in total. The summed E-state index contributed by atoms with van der Waals surface area (Å²) in [5, 5.41) is 0.824. The maximum Gasteiger partial charge on any atom is 0.261 e. The van der Waals surface area contributed by atoms with Crippen LogP contribution in [-0.2, 0) is 6.54 Å². The molecule has 3 aromatic rings. The Morgan fingerprint density at radius 1 is 1.17 bits per heavy atom. The fourth-order valence-electron chi connectivity index (χ4n) is 2.56. The maximum atomic E-state index is 12.5. The van der Waals surface area contributed by atoms with Gasteiger partial charge in [-0.2, -0.15) is 0 Å². The highest BCUT2D eigenvalue weighted by Gasteiger charge is 2.17. The van der Waals surface area contributed by atoms with E-state index in [-0.39, 0.29) is 24.7 Å². The van der Waals surface area contributed by atoms with Crippen LogP contribution in [0.5, 0.6) is 11.5 Å². The largest absolute Gasteiger partial charge is 0.454 e. The van der Waals surface area contributed by atoms with E-state index >= 15 is 0 Å². The van der Waals surface area contributed by atoms with Gasteiger partial charge in [0.25, 0.3) is 5.56 Å². The fraction of sp³-hybridized carbons (Fsp3) is 0.118. The molecule has 1 aromatic heterocycles. The lowest BCUT2D eigenvalue weighted by atomic mass is 10.1. The molecule has 0 aliphatic carbocycles. The molecule has 0 unspecified atom stereocenters. The molecule has 1 aliphatic heterocycles. The number of Topliss-reactive ketones (excluding diaryl/α,β-unsaturated/α-hetero) is 1. The molecular weight excluding hydrogens is 332 g/mol. The number of carbonyl (C=O) groups is 1. The summed E-state index contributed by atoms with van der Waals surface area (Å²) in [4.78, 5) is 29.2. The minimum Gasteiger partial charge on any atom is -0.454 e. The van der Waals surface area contributed by atoms with Crippen LogP contribution in [-0.4, -0.2) is 22.1 Å². The number of hydrogen-bond donors (Lipinski definition) is 0. The van der Waals surface area contributed by atoms with Crippen LogP contribution in [0.3, 0.4) is 0 Å². The molecule has 7 heteroatoms. The molecule has 0 atom stereocenters. The van der Waals surface area contributed by atoms with Gasteiger partial charge >= 0.3 is 0 Å². The highest BCUT2D eigenvalue weighted by molar-refractivity contribution is 6.31. The molecule has 0 saturated heterocycles. The van der Waals surface area contributed by atoms with E-state index in [9.17, 15) is 9.59 Å². The van der Waals surface area contributed by atoms with Crippen molar-refractivity contribution in [1.82, 2.24) is 9.55 Å². The predicted molar refractivity (Wildman–Crippen MR) is 87.9 cm³/mol. The molecular formula is C17H11ClN2O4. The van der Waals surface area contributed by atoms with Gasteiger partial charge in [0, 0.05) is 10.6 Å². The van der Waals surface area contributed by atoms with Crippen molar-refractivity contribution in [1.29, 1.82) is 0 Å². The van der Waals surface area contributed by atoms with Gasteiger partial charge in [0.05, 0.1) is 23.8 Å². The van der Waals surface area contributed by atoms with Gasteiger partial charge in [-0.25, -0.2) is 4.98 Å². The van der Waals surface area contributed by atoms with E-state index in [4.69, 9.17) is 21.1 Å². The number of nitrogens with zero attached hydrogens (tertiary/aromatic N) is 2. The van der Waals surface area contributed by atoms with Crippen molar-refractivity contribution >= 4 is 28.3 Å². The first-order valence-corrected chi connectivity index (χ1v) is 7.57. The molecule has 6 nitrogen and oxygen atoms in total. The van der Waals surface area contributed by atoms with Crippen molar-refractivity contribution in [3.63, 3.8) is 0 Å². The van der Waals surface area contributed by atoms with Crippen LogP contribution in [0.15, 0.2) is 47.5 Å². The summed E-state index contributed by atoms with van der Waals surface area (Å²) in [6.07, 6.45) is 1.36. The number of carbonyl (C=O) groups excluding carboxylic acids is 1. The highest BCUT2D eigenvalue weighted by atomic mass is 35.5. The fourth-order valence-corrected chi connectivity index (χ4v) is 2.73. The standard InChI is InChI=1S/C17H11ClN2O4/c18-11-2-3-13-12(6-11)17(22)20(8-19-13)7-14(21)10-1-4-15-16(5-10)24-9-23-15/h1-6,8H,7,9H2. The van der Waals surface area contributed by atoms with Crippen LogP contribution in [0, 0.1) is 0 Å². The van der Waals surface area contributed by atoms with Crippen LogP contribution in [0.2, 0.25) is 5.02 Å². The zero-order valence-corrected chi connectivity index (χ0v) is 13.1. The second-order valence-corrected chi connectivity index (χ2v) is 5.77. The van der Waals surface area contributed by atoms with E-state index in [1.807, 2.05) is 0 Å². The number of aromatic nitrogens is 2. The monoisotopic (exact) mass is 342 g/mol. The second-order valence-electron chi connectivity index (χ2n) is 5.33. The molecule has 2 aromatic carbocycles. The lowest BCUT2D eigenvalue weighted by molar-refractivity contribution is 0.0970. The third-order valence-electron chi connectivity index (χ3n) is 3.79. The van der Waals surface area contributed by atoms with Gasteiger partial charge in [0.1, 0.15) is 0 Å². The maximum absolute atomic E-state index is 12.5. The molecule has 0 bridgehead atoms. The van der Waals surface area contributed by atoms with E-state index in [0.29, 0.717) is 33.0 Å². The smallest absolute Gasteiger partial charge is 0.261 e. The van der Waals surface area contributed by atoms with E-state index in [1.54, 1.807) is 36.4 Å². The summed E-state index contributed by atoms with van der Waals surface area (Å²) < 4.78 is 11.8. The summed E-state index contributed by atoms with van der Waals surface area (Å²) >= 11 is 5.93. The van der Waals surface area contributed by atoms with E-state index in [2.05, 4.69) is 4.98 Å². The Bertz CT molecular complexity index is 1030. The third-order valence-corrected chi connectivity index (χ3v) is 4.03. The number of halogens is 1. The number of ketones is 1. The van der Waals surface area contributed by atoms with Crippen molar-refractivity contribution in [2.24, 2.45) is 0 Å². The van der Waals surface area contributed by atoms with E-state index in [0.717, 1.165) is 0 Å². The number of fused-ring (bicyclic) bond motifs is 2. The first-order chi connectivity index (χ1) is 11.6. The Hall–Kier alpha value is -2.86. The minimum atomic E-state index is -0.309. The zero-order valence-electron chi connectivity index (χ0n) is 12.4. The quantitative estimate of drug-likeness (QED) is 0.684. The molecule has 0 radical (unpaired) electrons. The molecule has 1 aliphatic rings. The first-order valence-electron chi connectivity index (χ1n) is 7.19. The Morgan fingerprint density at radius 2 is 2.00 bits per heavy atom. The van der Waals surface area contributed by atoms with Crippen molar-refractivity contribution < 1.29 is 14.3 Å². The molecule has 0 fully saturated rings. The molecule has 24 heavy (non-hydrogen) atoms. The number of rotatable bonds is 3. The van der Waals surface area contributed by atoms with Crippen LogP contribution in [0.4, 0.5) is 0 Å². The summed E-state index contributed by atoms with van der Waals surface area (Å²) in [5.41, 5.74) is 0.671. The van der Waals surface area contributed by atoms with Crippen molar-refractivity contribution in [3.8, 4) is 11.5 Å². The van der Waals surface area contributed by atoms with Gasteiger partial charge in [-0.3, -0.25) is 14.2 Å². The Balaban J connectivity index is 1.67. The summed E-state index contributed by atoms with van der Waals surface area (Å²) in [5.74, 6) is 0.904. The minimum absolute atomic E-state index is 0.117. The number of hydrogen-bond acceptors (Lipinski definition) is 5. The van der Waals surface area contributed by atoms with Gasteiger partial charge < -0.3 is 9.47 Å². The Morgan fingerprint density at radius 3 is 2.88 bits per heavy atom. The molecule has 0 spiro atoms. The van der Waals surface area contributed by atoms with Gasteiger partial charge in [0.15, 0.2) is 17.3 Å². The molecule has 0 saturated carbocycles. The zero-order chi connectivity index (χ0) is 16.7. The first kappa shape index (κ1) is 14.7. The topological polar surface area (TPSA) is 70.4 Å². The van der Waals surface area contributed by atoms with Gasteiger partial charge in [-0.1, -0.05) is 11.6 Å². The SMILES string of the molecule is O=C(Cn1cnc2ccc(Cl)cc2c1=O)c1ccc2c(c1)OCO2. The molecule has 2 heterocycles. The number of ether oxygens (including phenoxy) is 2. The molecule has 4 rings (SSSR count). The second kappa shape index (κ2) is 5.65. The van der Waals surface area contributed by atoms with Crippen LogP contribution >= 0.6 is 11.6 Å². The third kappa shape index (κ3) is 2.51. The van der Waals surface area contributed by atoms with Crippen LogP contribution in [0.25, 0.3) is 10.9 Å². The van der Waals surface area contributed by atoms with Crippen LogP contribution < -0.4 is 15.0 Å². The van der Waals surface area contributed by atoms with Crippen molar-refractivity contribution in [2.45, 2.75) is 6.54 Å². The van der Waals surface area contributed by atoms with Crippen molar-refractivity contribution in [3.05, 3.63) is 63.7 Å². The molecule has 0 amide bonds. The summed E-state index contributed by atoms with van der Waals surface area (Å²) in [7, 11) is 0. The Kier molecular flexibility index (Phi) is 3.46. The summed E-state index contributed by atoms with van der Waals surface area (Å²) in [6.45, 7) is 0.0235. The lowest BCUT2D eigenvalue weighted by Gasteiger charge is -2.07. The van der Waals surface area contributed by atoms with Gasteiger partial charge in [-0.15, -0.1) is 0 Å². The number of benzene rings is 2. The Labute approximate surface area is 141 Å². The highest BCUT2D eigenvalue weighted by Crippen LogP contribution is 2.32. The van der Waals surface area contributed by atoms with Crippen LogP contribution in [0.1, 0.15) is 10.4 Å².